The molecule has 2 nitrogen and oxygen atoms in total. The van der Waals surface area contributed by atoms with E-state index in [0.717, 1.165) is 5.46 Å². The summed E-state index contributed by atoms with van der Waals surface area (Å²) in [6.45, 7) is 0. The van der Waals surface area contributed by atoms with Gasteiger partial charge < -0.3 is 0 Å². The van der Waals surface area contributed by atoms with E-state index in [2.05, 4.69) is 9.97 Å². The molecule has 13 heavy (non-hydrogen) atoms. The standard InChI is InChI=1S/C8H5BClFN2/c9-6-2-5(11)1-4-3-12-8(10)13-7(4)6/h1-3H,9H2. The number of fused-ring (bicyclic) bond motifs is 1. The van der Waals surface area contributed by atoms with Crippen LogP contribution in [0, 0.1) is 5.82 Å². The van der Waals surface area contributed by atoms with Crippen molar-refractivity contribution in [2.24, 2.45) is 0 Å². The van der Waals surface area contributed by atoms with Crippen LogP contribution in [0.3, 0.4) is 0 Å². The molecule has 0 bridgehead atoms. The summed E-state index contributed by atoms with van der Waals surface area (Å²) in [6, 6.07) is 2.81. The van der Waals surface area contributed by atoms with Gasteiger partial charge in [-0.25, -0.2) is 14.4 Å². The van der Waals surface area contributed by atoms with Crippen LogP contribution in [-0.2, 0) is 0 Å². The van der Waals surface area contributed by atoms with Crippen LogP contribution in [0.25, 0.3) is 10.9 Å². The predicted octanol–water partition coefficient (Wildman–Crippen LogP) is 0.681. The summed E-state index contributed by atoms with van der Waals surface area (Å²) in [6.07, 6.45) is 1.51. The topological polar surface area (TPSA) is 25.8 Å². The van der Waals surface area contributed by atoms with Crippen molar-refractivity contribution in [1.29, 1.82) is 0 Å². The Balaban J connectivity index is 2.87. The maximum Gasteiger partial charge on any atom is 0.222 e. The highest BCUT2D eigenvalue weighted by Gasteiger charge is 2.02. The third-order valence-electron chi connectivity index (χ3n) is 1.81. The summed E-state index contributed by atoms with van der Waals surface area (Å²) in [5, 5.41) is 0.851. The van der Waals surface area contributed by atoms with Crippen LogP contribution < -0.4 is 5.46 Å². The van der Waals surface area contributed by atoms with Crippen LogP contribution in [-0.4, -0.2) is 17.8 Å². The number of halogens is 2. The Bertz CT molecular complexity index is 475. The van der Waals surface area contributed by atoms with Crippen LogP contribution in [0.4, 0.5) is 4.39 Å². The second kappa shape index (κ2) is 2.96. The van der Waals surface area contributed by atoms with Crippen LogP contribution in [0.2, 0.25) is 5.28 Å². The fourth-order valence-corrected chi connectivity index (χ4v) is 1.39. The molecule has 0 spiro atoms. The van der Waals surface area contributed by atoms with E-state index in [-0.39, 0.29) is 11.1 Å². The van der Waals surface area contributed by atoms with Crippen LogP contribution in [0.1, 0.15) is 0 Å². The summed E-state index contributed by atoms with van der Waals surface area (Å²) in [4.78, 5) is 7.78. The fraction of sp³-hybridized carbons (Fsp3) is 0. The SMILES string of the molecule is Bc1cc(F)cc2cnc(Cl)nc12. The molecule has 1 aromatic carbocycles. The number of nitrogens with zero attached hydrogens (tertiary/aromatic N) is 2. The normalized spacial score (nSPS) is 10.6. The second-order valence-electron chi connectivity index (χ2n) is 2.80. The lowest BCUT2D eigenvalue weighted by Gasteiger charge is -2.00. The highest BCUT2D eigenvalue weighted by Crippen LogP contribution is 2.11. The minimum Gasteiger partial charge on any atom is -0.226 e. The van der Waals surface area contributed by atoms with Gasteiger partial charge in [0.05, 0.1) is 5.52 Å². The first-order valence-electron chi connectivity index (χ1n) is 3.75. The Morgan fingerprint density at radius 1 is 1.38 bits per heavy atom. The molecule has 1 aromatic heterocycles. The molecule has 0 amide bonds. The van der Waals surface area contributed by atoms with Crippen LogP contribution in [0.5, 0.6) is 0 Å². The molecule has 0 N–H and O–H groups in total. The Morgan fingerprint density at radius 3 is 2.92 bits per heavy atom. The van der Waals surface area contributed by atoms with E-state index in [1.54, 1.807) is 7.85 Å². The Hall–Kier alpha value is -1.16. The lowest BCUT2D eigenvalue weighted by atomic mass is 9.93. The van der Waals surface area contributed by atoms with E-state index < -0.39 is 0 Å². The number of benzene rings is 1. The lowest BCUT2D eigenvalue weighted by Crippen LogP contribution is -2.07. The average molecular weight is 194 g/mol. The molecule has 0 unspecified atom stereocenters. The zero-order valence-corrected chi connectivity index (χ0v) is 7.64. The zero-order chi connectivity index (χ0) is 9.42. The lowest BCUT2D eigenvalue weighted by molar-refractivity contribution is 0.630. The zero-order valence-electron chi connectivity index (χ0n) is 6.88. The number of aromatic nitrogens is 2. The molecule has 2 aromatic rings. The van der Waals surface area contributed by atoms with E-state index in [1.807, 2.05) is 0 Å². The first kappa shape index (κ1) is 8.44. The molecule has 0 aliphatic heterocycles. The molecule has 0 fully saturated rings. The largest absolute Gasteiger partial charge is 0.226 e. The van der Waals surface area contributed by atoms with Crippen molar-refractivity contribution in [2.75, 3.05) is 0 Å². The Kier molecular flexibility index (Phi) is 1.92. The minimum atomic E-state index is -0.282. The van der Waals surface area contributed by atoms with Crippen molar-refractivity contribution < 1.29 is 4.39 Å². The smallest absolute Gasteiger partial charge is 0.222 e. The summed E-state index contributed by atoms with van der Waals surface area (Å²) in [5.74, 6) is -0.282. The van der Waals surface area contributed by atoms with Gasteiger partial charge >= 0.3 is 0 Å². The molecule has 1 heterocycles. The molecule has 0 saturated carbocycles. The maximum atomic E-state index is 12.9. The van der Waals surface area contributed by atoms with Gasteiger partial charge in [0.25, 0.3) is 0 Å². The quantitative estimate of drug-likeness (QED) is 0.455. The maximum absolute atomic E-state index is 12.9. The third-order valence-corrected chi connectivity index (χ3v) is 1.99. The predicted molar refractivity (Wildman–Crippen MR) is 52.7 cm³/mol. The van der Waals surface area contributed by atoms with E-state index in [1.165, 1.54) is 18.3 Å². The van der Waals surface area contributed by atoms with E-state index in [4.69, 9.17) is 11.6 Å². The molecule has 0 saturated heterocycles. The molecular weight excluding hydrogens is 189 g/mol. The molecule has 0 aliphatic carbocycles. The van der Waals surface area contributed by atoms with Gasteiger partial charge in [-0.1, -0.05) is 5.46 Å². The molecular formula is C8H5BClFN2. The highest BCUT2D eigenvalue weighted by molar-refractivity contribution is 6.38. The van der Waals surface area contributed by atoms with Gasteiger partial charge in [0, 0.05) is 11.6 Å². The molecule has 2 rings (SSSR count). The van der Waals surface area contributed by atoms with Gasteiger partial charge in [-0.05, 0) is 23.7 Å². The van der Waals surface area contributed by atoms with Crippen molar-refractivity contribution in [3.63, 3.8) is 0 Å². The Morgan fingerprint density at radius 2 is 2.15 bits per heavy atom. The average Bonchev–Trinajstić information content (AvgIpc) is 2.06. The van der Waals surface area contributed by atoms with Crippen LogP contribution >= 0.6 is 11.6 Å². The fourth-order valence-electron chi connectivity index (χ4n) is 1.26. The van der Waals surface area contributed by atoms with E-state index in [9.17, 15) is 4.39 Å². The minimum absolute atomic E-state index is 0.183. The van der Waals surface area contributed by atoms with Gasteiger partial charge in [0.1, 0.15) is 13.7 Å². The molecule has 0 radical (unpaired) electrons. The number of rotatable bonds is 0. The van der Waals surface area contributed by atoms with Crippen molar-refractivity contribution >= 4 is 35.8 Å². The van der Waals surface area contributed by atoms with Gasteiger partial charge in [-0.2, -0.15) is 0 Å². The highest BCUT2D eigenvalue weighted by atomic mass is 35.5. The van der Waals surface area contributed by atoms with Gasteiger partial charge in [-0.3, -0.25) is 0 Å². The van der Waals surface area contributed by atoms with Gasteiger partial charge in [0.15, 0.2) is 0 Å². The Labute approximate surface area is 80.2 Å². The van der Waals surface area contributed by atoms with Crippen molar-refractivity contribution in [1.82, 2.24) is 9.97 Å². The first-order valence-corrected chi connectivity index (χ1v) is 4.13. The van der Waals surface area contributed by atoms with Crippen molar-refractivity contribution in [3.8, 4) is 0 Å². The van der Waals surface area contributed by atoms with Crippen LogP contribution in [0.15, 0.2) is 18.3 Å². The number of hydrogen-bond donors (Lipinski definition) is 0. The second-order valence-corrected chi connectivity index (χ2v) is 3.14. The molecule has 5 heteroatoms. The number of hydrogen-bond acceptors (Lipinski definition) is 2. The van der Waals surface area contributed by atoms with Crippen molar-refractivity contribution in [3.05, 3.63) is 29.4 Å². The molecule has 0 atom stereocenters. The first-order chi connectivity index (χ1) is 6.16. The summed E-state index contributed by atoms with van der Waals surface area (Å²) in [5.41, 5.74) is 1.46. The third kappa shape index (κ3) is 1.49. The summed E-state index contributed by atoms with van der Waals surface area (Å²) >= 11 is 5.61. The van der Waals surface area contributed by atoms with Gasteiger partial charge in [-0.15, -0.1) is 0 Å². The van der Waals surface area contributed by atoms with Gasteiger partial charge in [0.2, 0.25) is 5.28 Å². The molecule has 64 valence electrons. The monoisotopic (exact) mass is 194 g/mol. The van der Waals surface area contributed by atoms with Crippen molar-refractivity contribution in [2.45, 2.75) is 0 Å². The van der Waals surface area contributed by atoms with E-state index >= 15 is 0 Å². The molecule has 0 aliphatic rings. The van der Waals surface area contributed by atoms with E-state index in [0.29, 0.717) is 10.9 Å². The summed E-state index contributed by atoms with van der Waals surface area (Å²) < 4.78 is 12.9. The summed E-state index contributed by atoms with van der Waals surface area (Å²) in [7, 11) is 1.79.